The first-order valence-electron chi connectivity index (χ1n) is 4.81. The lowest BCUT2D eigenvalue weighted by Gasteiger charge is -2.29. The molecule has 3 N–H and O–H groups in total. The van der Waals surface area contributed by atoms with Gasteiger partial charge in [-0.3, -0.25) is 10.9 Å². The Balaban J connectivity index is 2.13. The van der Waals surface area contributed by atoms with Crippen molar-refractivity contribution in [3.63, 3.8) is 0 Å². The van der Waals surface area contributed by atoms with Crippen LogP contribution in [0, 0.1) is 0 Å². The lowest BCUT2D eigenvalue weighted by atomic mass is 10.1. The zero-order valence-electron chi connectivity index (χ0n) is 8.41. The third-order valence-electron chi connectivity index (χ3n) is 1.99. The molecule has 1 rings (SSSR count). The summed E-state index contributed by atoms with van der Waals surface area (Å²) >= 11 is 0. The third-order valence-corrected chi connectivity index (χ3v) is 1.99. The number of nitrogens with one attached hydrogen (secondary N) is 3. The van der Waals surface area contributed by atoms with Crippen molar-refractivity contribution in [2.24, 2.45) is 0 Å². The van der Waals surface area contributed by atoms with E-state index in [1.54, 1.807) is 0 Å². The predicted molar refractivity (Wildman–Crippen MR) is 51.9 cm³/mol. The van der Waals surface area contributed by atoms with Crippen LogP contribution >= 0.6 is 0 Å². The van der Waals surface area contributed by atoms with Crippen molar-refractivity contribution in [1.29, 1.82) is 0 Å². The summed E-state index contributed by atoms with van der Waals surface area (Å²) in [5, 5.41) is 3.34. The first-order valence-corrected chi connectivity index (χ1v) is 4.81. The van der Waals surface area contributed by atoms with Gasteiger partial charge < -0.3 is 5.32 Å². The molecule has 0 amide bonds. The van der Waals surface area contributed by atoms with Crippen LogP contribution in [0.1, 0.15) is 33.6 Å². The summed E-state index contributed by atoms with van der Waals surface area (Å²) < 4.78 is 0. The van der Waals surface area contributed by atoms with Gasteiger partial charge in [0.2, 0.25) is 0 Å². The molecular weight excluding hydrogens is 150 g/mol. The summed E-state index contributed by atoms with van der Waals surface area (Å²) in [5.41, 5.74) is 6.86. The normalized spacial score (nSPS) is 21.2. The van der Waals surface area contributed by atoms with Crippen LogP contribution in [0.4, 0.5) is 0 Å². The highest BCUT2D eigenvalue weighted by Gasteiger charge is 2.15. The van der Waals surface area contributed by atoms with Gasteiger partial charge in [-0.15, -0.1) is 0 Å². The van der Waals surface area contributed by atoms with Gasteiger partial charge in [0, 0.05) is 11.6 Å². The average Bonchev–Trinajstić information content (AvgIpc) is 2.02. The Labute approximate surface area is 75.3 Å². The molecular formula is C9H21N3. The zero-order chi connectivity index (χ0) is 9.03. The van der Waals surface area contributed by atoms with E-state index in [-0.39, 0.29) is 5.54 Å². The molecule has 1 aliphatic heterocycles. The van der Waals surface area contributed by atoms with Crippen LogP contribution in [-0.2, 0) is 0 Å². The molecule has 0 aromatic carbocycles. The van der Waals surface area contributed by atoms with Crippen LogP contribution in [0.5, 0.6) is 0 Å². The summed E-state index contributed by atoms with van der Waals surface area (Å²) in [7, 11) is 0. The van der Waals surface area contributed by atoms with Gasteiger partial charge >= 0.3 is 0 Å². The van der Waals surface area contributed by atoms with E-state index in [0.717, 1.165) is 13.1 Å². The Hall–Kier alpha value is -0.120. The largest absolute Gasteiger partial charge is 0.317 e. The van der Waals surface area contributed by atoms with E-state index in [2.05, 4.69) is 36.9 Å². The molecule has 0 spiro atoms. The topological polar surface area (TPSA) is 36.1 Å². The van der Waals surface area contributed by atoms with Gasteiger partial charge in [-0.05, 0) is 46.7 Å². The van der Waals surface area contributed by atoms with Crippen molar-refractivity contribution in [1.82, 2.24) is 16.2 Å². The van der Waals surface area contributed by atoms with Gasteiger partial charge in [0.1, 0.15) is 0 Å². The Kier molecular flexibility index (Phi) is 3.50. The van der Waals surface area contributed by atoms with Crippen molar-refractivity contribution in [2.45, 2.75) is 45.2 Å². The van der Waals surface area contributed by atoms with Gasteiger partial charge in [0.25, 0.3) is 0 Å². The van der Waals surface area contributed by atoms with E-state index in [0.29, 0.717) is 6.04 Å². The molecule has 0 unspecified atom stereocenters. The second-order valence-electron chi connectivity index (χ2n) is 4.54. The minimum Gasteiger partial charge on any atom is -0.317 e. The molecule has 0 atom stereocenters. The Bertz CT molecular complexity index is 122. The van der Waals surface area contributed by atoms with Gasteiger partial charge in [0.15, 0.2) is 0 Å². The molecule has 0 aromatic rings. The first kappa shape index (κ1) is 9.96. The fraction of sp³-hybridized carbons (Fsp3) is 1.00. The maximum Gasteiger partial charge on any atom is 0.0239 e. The Morgan fingerprint density at radius 1 is 1.17 bits per heavy atom. The van der Waals surface area contributed by atoms with Crippen LogP contribution in [0.2, 0.25) is 0 Å². The lowest BCUT2D eigenvalue weighted by molar-refractivity contribution is 0.280. The van der Waals surface area contributed by atoms with Crippen LogP contribution in [-0.4, -0.2) is 24.7 Å². The van der Waals surface area contributed by atoms with Crippen molar-refractivity contribution in [2.75, 3.05) is 13.1 Å². The summed E-state index contributed by atoms with van der Waals surface area (Å²) in [5.74, 6) is 0. The van der Waals surface area contributed by atoms with Gasteiger partial charge in [-0.2, -0.15) is 0 Å². The maximum atomic E-state index is 3.37. The van der Waals surface area contributed by atoms with Crippen LogP contribution < -0.4 is 16.2 Å². The quantitative estimate of drug-likeness (QED) is 0.533. The second-order valence-corrected chi connectivity index (χ2v) is 4.54. The molecule has 1 heterocycles. The summed E-state index contributed by atoms with van der Waals surface area (Å²) in [4.78, 5) is 0. The first-order chi connectivity index (χ1) is 5.58. The molecule has 12 heavy (non-hydrogen) atoms. The maximum absolute atomic E-state index is 3.37. The van der Waals surface area contributed by atoms with Crippen molar-refractivity contribution < 1.29 is 0 Å². The molecule has 0 radical (unpaired) electrons. The number of hydrogen-bond donors (Lipinski definition) is 3. The highest BCUT2D eigenvalue weighted by molar-refractivity contribution is 4.75. The van der Waals surface area contributed by atoms with Gasteiger partial charge in [-0.25, -0.2) is 0 Å². The molecule has 0 saturated carbocycles. The standard InChI is InChI=1S/C9H21N3/c1-9(2,3)12-11-8-4-6-10-7-5-8/h8,10-12H,4-7H2,1-3H3. The van der Waals surface area contributed by atoms with Crippen LogP contribution in [0.15, 0.2) is 0 Å². The number of rotatable bonds is 2. The smallest absolute Gasteiger partial charge is 0.0239 e. The zero-order valence-corrected chi connectivity index (χ0v) is 8.41. The molecule has 1 saturated heterocycles. The van der Waals surface area contributed by atoms with Crippen molar-refractivity contribution >= 4 is 0 Å². The highest BCUT2D eigenvalue weighted by Crippen LogP contribution is 2.02. The SMILES string of the molecule is CC(C)(C)NNC1CCNCC1. The molecule has 72 valence electrons. The minimum atomic E-state index is 0.172. The number of hydrogen-bond acceptors (Lipinski definition) is 3. The summed E-state index contributed by atoms with van der Waals surface area (Å²) in [6.07, 6.45) is 2.45. The second kappa shape index (κ2) is 4.21. The van der Waals surface area contributed by atoms with Crippen LogP contribution in [0.25, 0.3) is 0 Å². The molecule has 1 fully saturated rings. The van der Waals surface area contributed by atoms with Crippen molar-refractivity contribution in [3.05, 3.63) is 0 Å². The Morgan fingerprint density at radius 2 is 1.75 bits per heavy atom. The van der Waals surface area contributed by atoms with E-state index in [1.165, 1.54) is 12.8 Å². The van der Waals surface area contributed by atoms with Gasteiger partial charge in [0.05, 0.1) is 0 Å². The minimum absolute atomic E-state index is 0.172. The monoisotopic (exact) mass is 171 g/mol. The van der Waals surface area contributed by atoms with E-state index < -0.39 is 0 Å². The van der Waals surface area contributed by atoms with E-state index in [4.69, 9.17) is 0 Å². The summed E-state index contributed by atoms with van der Waals surface area (Å²) in [6, 6.07) is 0.644. The number of piperidine rings is 1. The lowest BCUT2D eigenvalue weighted by Crippen LogP contribution is -2.53. The summed E-state index contributed by atoms with van der Waals surface area (Å²) in [6.45, 7) is 8.79. The van der Waals surface area contributed by atoms with E-state index >= 15 is 0 Å². The molecule has 1 aliphatic rings. The third kappa shape index (κ3) is 4.04. The molecule has 0 aromatic heterocycles. The predicted octanol–water partition coefficient (Wildman–Crippen LogP) is 0.631. The molecule has 3 heteroatoms. The number of hydrazine groups is 1. The van der Waals surface area contributed by atoms with E-state index in [9.17, 15) is 0 Å². The van der Waals surface area contributed by atoms with Crippen molar-refractivity contribution in [3.8, 4) is 0 Å². The fourth-order valence-electron chi connectivity index (χ4n) is 1.28. The van der Waals surface area contributed by atoms with Gasteiger partial charge in [-0.1, -0.05) is 0 Å². The molecule has 0 aliphatic carbocycles. The van der Waals surface area contributed by atoms with Crippen LogP contribution in [0.3, 0.4) is 0 Å². The molecule has 0 bridgehead atoms. The Morgan fingerprint density at radius 3 is 2.25 bits per heavy atom. The van der Waals surface area contributed by atoms with E-state index in [1.807, 2.05) is 0 Å². The fourth-order valence-corrected chi connectivity index (χ4v) is 1.28. The highest BCUT2D eigenvalue weighted by atomic mass is 15.4. The molecule has 3 nitrogen and oxygen atoms in total. The average molecular weight is 171 g/mol.